The third-order valence-corrected chi connectivity index (χ3v) is 4.21. The zero-order chi connectivity index (χ0) is 18.0. The Kier molecular flexibility index (Phi) is 16.4. The maximum atomic E-state index is 11.2. The molecular formula is C20H35ClO3. The van der Waals surface area contributed by atoms with Gasteiger partial charge in [-0.3, -0.25) is 9.59 Å². The predicted octanol–water partition coefficient (Wildman–Crippen LogP) is 6.33. The molecule has 0 aromatic carbocycles. The predicted molar refractivity (Wildman–Crippen MR) is 101 cm³/mol. The first kappa shape index (κ1) is 23.2. The van der Waals surface area contributed by atoms with Crippen LogP contribution in [0.25, 0.3) is 0 Å². The van der Waals surface area contributed by atoms with Gasteiger partial charge in [0.2, 0.25) is 5.24 Å². The van der Waals surface area contributed by atoms with Crippen molar-refractivity contribution < 1.29 is 14.3 Å². The van der Waals surface area contributed by atoms with Gasteiger partial charge in [-0.2, -0.15) is 0 Å². The van der Waals surface area contributed by atoms with Crippen LogP contribution < -0.4 is 0 Å². The summed E-state index contributed by atoms with van der Waals surface area (Å²) in [5.41, 5.74) is 0. The van der Waals surface area contributed by atoms with Crippen LogP contribution in [-0.2, 0) is 14.3 Å². The summed E-state index contributed by atoms with van der Waals surface area (Å²) in [4.78, 5) is 21.8. The van der Waals surface area contributed by atoms with Gasteiger partial charge in [0.25, 0.3) is 0 Å². The lowest BCUT2D eigenvalue weighted by Crippen LogP contribution is -2.15. The second-order valence-corrected chi connectivity index (χ2v) is 6.87. The molecule has 0 bridgehead atoms. The largest absolute Gasteiger partial charge is 0.462 e. The highest BCUT2D eigenvalue weighted by atomic mass is 35.5. The van der Waals surface area contributed by atoms with E-state index in [2.05, 4.69) is 19.1 Å². The van der Waals surface area contributed by atoms with Gasteiger partial charge in [-0.1, -0.05) is 57.6 Å². The molecule has 0 aliphatic heterocycles. The summed E-state index contributed by atoms with van der Waals surface area (Å²) in [5, 5.41) is -0.227. The maximum Gasteiger partial charge on any atom is 0.302 e. The first-order valence-electron chi connectivity index (χ1n) is 9.56. The summed E-state index contributed by atoms with van der Waals surface area (Å²) in [5.74, 6) is -0.181. The Balaban J connectivity index is 3.69. The molecule has 0 aromatic heterocycles. The Hall–Kier alpha value is -0.830. The van der Waals surface area contributed by atoms with Crippen molar-refractivity contribution in [1.29, 1.82) is 0 Å². The molecule has 0 aromatic rings. The van der Waals surface area contributed by atoms with Gasteiger partial charge in [-0.05, 0) is 43.7 Å². The molecule has 24 heavy (non-hydrogen) atoms. The average Bonchev–Trinajstić information content (AvgIpc) is 2.52. The van der Waals surface area contributed by atoms with E-state index in [1.165, 1.54) is 39.0 Å². The van der Waals surface area contributed by atoms with Gasteiger partial charge in [0.1, 0.15) is 6.10 Å². The Morgan fingerprint density at radius 3 is 2.29 bits per heavy atom. The highest BCUT2D eigenvalue weighted by molar-refractivity contribution is 6.63. The normalized spacial score (nSPS) is 12.5. The van der Waals surface area contributed by atoms with Crippen molar-refractivity contribution in [2.24, 2.45) is 0 Å². The van der Waals surface area contributed by atoms with Crippen molar-refractivity contribution in [3.63, 3.8) is 0 Å². The fourth-order valence-corrected chi connectivity index (χ4v) is 2.81. The highest BCUT2D eigenvalue weighted by Gasteiger charge is 2.09. The molecule has 1 unspecified atom stereocenters. The van der Waals surface area contributed by atoms with Crippen molar-refractivity contribution in [1.82, 2.24) is 0 Å². The van der Waals surface area contributed by atoms with Gasteiger partial charge in [0.15, 0.2) is 0 Å². The number of hydrogen-bond acceptors (Lipinski definition) is 3. The van der Waals surface area contributed by atoms with Gasteiger partial charge in [-0.15, -0.1) is 0 Å². The molecule has 0 fully saturated rings. The minimum atomic E-state index is -0.227. The van der Waals surface area contributed by atoms with E-state index in [-0.39, 0.29) is 17.3 Å². The zero-order valence-corrected chi connectivity index (χ0v) is 16.3. The van der Waals surface area contributed by atoms with E-state index in [4.69, 9.17) is 16.3 Å². The smallest absolute Gasteiger partial charge is 0.302 e. The van der Waals surface area contributed by atoms with E-state index in [1.54, 1.807) is 0 Å². The number of ether oxygens (including phenoxy) is 1. The van der Waals surface area contributed by atoms with E-state index in [1.807, 2.05) is 0 Å². The molecule has 140 valence electrons. The van der Waals surface area contributed by atoms with Crippen LogP contribution in [0.3, 0.4) is 0 Å². The highest BCUT2D eigenvalue weighted by Crippen LogP contribution is 2.13. The standard InChI is InChI=1S/C20H35ClO3/c1-3-4-5-12-15-19(24-18(2)22)16-13-10-8-6-7-9-11-14-17-20(21)23/h10,13,19H,3-9,11-12,14-17H2,1-2H3/b13-10-. The van der Waals surface area contributed by atoms with Crippen LogP contribution in [-0.4, -0.2) is 17.3 Å². The Labute approximate surface area is 153 Å². The fourth-order valence-electron chi connectivity index (χ4n) is 2.68. The van der Waals surface area contributed by atoms with Crippen molar-refractivity contribution >= 4 is 22.8 Å². The lowest BCUT2D eigenvalue weighted by Gasteiger charge is -2.15. The van der Waals surface area contributed by atoms with Crippen LogP contribution >= 0.6 is 11.6 Å². The van der Waals surface area contributed by atoms with E-state index >= 15 is 0 Å². The zero-order valence-electron chi connectivity index (χ0n) is 15.5. The summed E-state index contributed by atoms with van der Waals surface area (Å²) < 4.78 is 5.39. The van der Waals surface area contributed by atoms with E-state index in [0.717, 1.165) is 44.9 Å². The molecule has 0 N–H and O–H groups in total. The number of hydrogen-bond donors (Lipinski definition) is 0. The van der Waals surface area contributed by atoms with Crippen molar-refractivity contribution in [2.75, 3.05) is 0 Å². The summed E-state index contributed by atoms with van der Waals surface area (Å²) in [6, 6.07) is 0. The molecule has 0 saturated carbocycles. The lowest BCUT2D eigenvalue weighted by molar-refractivity contribution is -0.146. The fraction of sp³-hybridized carbons (Fsp3) is 0.800. The molecule has 0 radical (unpaired) electrons. The summed E-state index contributed by atoms with van der Waals surface area (Å²) in [6.45, 7) is 3.68. The number of carbonyl (C=O) groups excluding carboxylic acids is 2. The lowest BCUT2D eigenvalue weighted by atomic mass is 10.1. The monoisotopic (exact) mass is 358 g/mol. The van der Waals surface area contributed by atoms with E-state index < -0.39 is 0 Å². The minimum Gasteiger partial charge on any atom is -0.462 e. The van der Waals surface area contributed by atoms with Gasteiger partial charge < -0.3 is 4.74 Å². The van der Waals surface area contributed by atoms with Gasteiger partial charge >= 0.3 is 5.97 Å². The molecule has 3 nitrogen and oxygen atoms in total. The summed E-state index contributed by atoms with van der Waals surface area (Å²) in [6.07, 6.45) is 18.0. The van der Waals surface area contributed by atoms with Crippen molar-refractivity contribution in [3.8, 4) is 0 Å². The first-order valence-corrected chi connectivity index (χ1v) is 9.94. The topological polar surface area (TPSA) is 43.4 Å². The molecule has 0 heterocycles. The number of rotatable bonds is 16. The number of esters is 1. The van der Waals surface area contributed by atoms with Crippen LogP contribution in [0.15, 0.2) is 12.2 Å². The quantitative estimate of drug-likeness (QED) is 0.140. The van der Waals surface area contributed by atoms with Crippen LogP contribution in [0.5, 0.6) is 0 Å². The number of halogens is 1. The SMILES string of the molecule is CCCCCCC(C/C=C\CCCCCCCC(=O)Cl)OC(C)=O. The molecule has 0 amide bonds. The maximum absolute atomic E-state index is 11.2. The third-order valence-electron chi connectivity index (χ3n) is 4.02. The summed E-state index contributed by atoms with van der Waals surface area (Å²) in [7, 11) is 0. The molecule has 4 heteroatoms. The first-order chi connectivity index (χ1) is 11.6. The second kappa shape index (κ2) is 17.0. The summed E-state index contributed by atoms with van der Waals surface area (Å²) >= 11 is 5.30. The van der Waals surface area contributed by atoms with Crippen LogP contribution in [0.2, 0.25) is 0 Å². The third kappa shape index (κ3) is 17.5. The molecule has 0 saturated heterocycles. The Morgan fingerprint density at radius 1 is 0.958 bits per heavy atom. The molecule has 0 aliphatic rings. The molecule has 0 rings (SSSR count). The minimum absolute atomic E-state index is 0.0312. The van der Waals surface area contributed by atoms with Gasteiger partial charge in [0.05, 0.1) is 0 Å². The number of allylic oxidation sites excluding steroid dienone is 1. The number of carbonyl (C=O) groups is 2. The number of unbranched alkanes of at least 4 members (excludes halogenated alkanes) is 8. The van der Waals surface area contributed by atoms with Crippen LogP contribution in [0.4, 0.5) is 0 Å². The second-order valence-electron chi connectivity index (χ2n) is 6.45. The average molecular weight is 359 g/mol. The van der Waals surface area contributed by atoms with Gasteiger partial charge in [0, 0.05) is 19.8 Å². The van der Waals surface area contributed by atoms with Crippen LogP contribution in [0.1, 0.15) is 97.3 Å². The molecule has 0 aliphatic carbocycles. The molecular weight excluding hydrogens is 324 g/mol. The van der Waals surface area contributed by atoms with Crippen LogP contribution in [0, 0.1) is 0 Å². The van der Waals surface area contributed by atoms with E-state index in [9.17, 15) is 9.59 Å². The Bertz CT molecular complexity index is 353. The molecule has 0 spiro atoms. The van der Waals surface area contributed by atoms with Gasteiger partial charge in [-0.25, -0.2) is 0 Å². The van der Waals surface area contributed by atoms with Crippen molar-refractivity contribution in [2.45, 2.75) is 103 Å². The molecule has 1 atom stereocenters. The Morgan fingerprint density at radius 2 is 1.62 bits per heavy atom. The van der Waals surface area contributed by atoms with E-state index in [0.29, 0.717) is 6.42 Å². The van der Waals surface area contributed by atoms with Crippen molar-refractivity contribution in [3.05, 3.63) is 12.2 Å².